The number of hydrogen-bond donors (Lipinski definition) is 1. The van der Waals surface area contributed by atoms with E-state index in [9.17, 15) is 12.8 Å². The van der Waals surface area contributed by atoms with E-state index in [2.05, 4.69) is 4.98 Å². The Morgan fingerprint density at radius 1 is 1.58 bits per heavy atom. The van der Waals surface area contributed by atoms with Crippen LogP contribution in [-0.4, -0.2) is 13.4 Å². The molecule has 1 heterocycles. The van der Waals surface area contributed by atoms with Crippen molar-refractivity contribution < 1.29 is 12.8 Å². The molecule has 0 spiro atoms. The van der Waals surface area contributed by atoms with Crippen LogP contribution in [0.5, 0.6) is 0 Å². The summed E-state index contributed by atoms with van der Waals surface area (Å²) in [6, 6.07) is 0.789. The third-order valence-corrected chi connectivity index (χ3v) is 2.68. The Morgan fingerprint density at radius 3 is 2.58 bits per heavy atom. The lowest BCUT2D eigenvalue weighted by Gasteiger charge is -1.97. The molecule has 0 saturated carbocycles. The number of nitrogens with zero attached hydrogens (tertiary/aromatic N) is 1. The topological polar surface area (TPSA) is 73.1 Å². The number of pyridine rings is 1. The first-order chi connectivity index (χ1) is 5.41. The van der Waals surface area contributed by atoms with Crippen LogP contribution < -0.4 is 5.14 Å². The number of rotatable bonds is 1. The van der Waals surface area contributed by atoms with Gasteiger partial charge in [-0.05, 0) is 22.6 Å². The largest absolute Gasteiger partial charge is 0.255 e. The molecule has 0 bridgehead atoms. The van der Waals surface area contributed by atoms with Gasteiger partial charge >= 0.3 is 0 Å². The first-order valence-corrected chi connectivity index (χ1v) is 5.37. The average molecular weight is 302 g/mol. The number of aromatic nitrogens is 1. The summed E-state index contributed by atoms with van der Waals surface area (Å²) in [5, 5.41) is 4.26. The third kappa shape index (κ3) is 2.11. The molecule has 1 aromatic rings. The van der Waals surface area contributed by atoms with E-state index in [4.69, 9.17) is 5.14 Å². The quantitative estimate of drug-likeness (QED) is 0.767. The average Bonchev–Trinajstić information content (AvgIpc) is 1.92. The van der Waals surface area contributed by atoms with Crippen molar-refractivity contribution >= 4 is 32.6 Å². The van der Waals surface area contributed by atoms with Crippen molar-refractivity contribution in [1.29, 1.82) is 0 Å². The Kier molecular flexibility index (Phi) is 2.64. The van der Waals surface area contributed by atoms with Crippen molar-refractivity contribution in [3.63, 3.8) is 0 Å². The molecule has 0 aliphatic heterocycles. The van der Waals surface area contributed by atoms with E-state index in [0.29, 0.717) is 0 Å². The molecule has 0 radical (unpaired) electrons. The van der Waals surface area contributed by atoms with Crippen LogP contribution >= 0.6 is 22.6 Å². The van der Waals surface area contributed by atoms with E-state index < -0.39 is 20.9 Å². The molecule has 7 heteroatoms. The van der Waals surface area contributed by atoms with Crippen LogP contribution in [-0.2, 0) is 10.0 Å². The first-order valence-electron chi connectivity index (χ1n) is 2.75. The van der Waals surface area contributed by atoms with Crippen LogP contribution in [0.3, 0.4) is 0 Å². The minimum absolute atomic E-state index is 0.250. The van der Waals surface area contributed by atoms with Crippen molar-refractivity contribution in [2.75, 3.05) is 0 Å². The predicted molar refractivity (Wildman–Crippen MR) is 48.3 cm³/mol. The van der Waals surface area contributed by atoms with Gasteiger partial charge in [0.25, 0.3) is 10.0 Å². The van der Waals surface area contributed by atoms with Crippen molar-refractivity contribution in [1.82, 2.24) is 4.98 Å². The molecule has 0 atom stereocenters. The van der Waals surface area contributed by atoms with Crippen LogP contribution in [0.4, 0.5) is 4.39 Å². The number of halogens is 2. The molecule has 0 aromatic carbocycles. The van der Waals surface area contributed by atoms with Crippen molar-refractivity contribution in [3.05, 3.63) is 21.7 Å². The number of nitrogens with two attached hydrogens (primary N) is 1. The van der Waals surface area contributed by atoms with Crippen LogP contribution in [0, 0.1) is 9.39 Å². The molecule has 0 aliphatic rings. The van der Waals surface area contributed by atoms with E-state index >= 15 is 0 Å². The van der Waals surface area contributed by atoms with E-state index in [1.807, 2.05) is 0 Å². The van der Waals surface area contributed by atoms with Gasteiger partial charge in [0.15, 0.2) is 5.03 Å². The molecule has 1 rings (SSSR count). The first kappa shape index (κ1) is 9.81. The fourth-order valence-electron chi connectivity index (χ4n) is 0.552. The van der Waals surface area contributed by atoms with E-state index in [1.54, 1.807) is 22.6 Å². The molecule has 0 saturated heterocycles. The zero-order valence-electron chi connectivity index (χ0n) is 5.66. The summed E-state index contributed by atoms with van der Waals surface area (Å²) < 4.78 is 34.3. The maximum atomic E-state index is 12.7. The molecular formula is C5H4FIN2O2S. The SMILES string of the molecule is NS(=O)(=O)c1cc(F)c(I)cn1. The highest BCUT2D eigenvalue weighted by Crippen LogP contribution is 2.11. The molecule has 1 aromatic heterocycles. The lowest BCUT2D eigenvalue weighted by molar-refractivity contribution is 0.584. The molecule has 12 heavy (non-hydrogen) atoms. The van der Waals surface area contributed by atoms with Crippen LogP contribution in [0.15, 0.2) is 17.3 Å². The maximum absolute atomic E-state index is 12.7. The van der Waals surface area contributed by atoms with Gasteiger partial charge in [0, 0.05) is 12.3 Å². The van der Waals surface area contributed by atoms with Crippen molar-refractivity contribution in [2.24, 2.45) is 5.14 Å². The Labute approximate surface area is 82.2 Å². The molecule has 4 nitrogen and oxygen atoms in total. The second kappa shape index (κ2) is 3.23. The highest BCUT2D eigenvalue weighted by molar-refractivity contribution is 14.1. The van der Waals surface area contributed by atoms with Crippen LogP contribution in [0.2, 0.25) is 0 Å². The summed E-state index contributed by atoms with van der Waals surface area (Å²) in [4.78, 5) is 3.45. The molecule has 2 N–H and O–H groups in total. The summed E-state index contributed by atoms with van der Waals surface area (Å²) in [6.45, 7) is 0. The fourth-order valence-corrected chi connectivity index (χ4v) is 1.31. The maximum Gasteiger partial charge on any atom is 0.255 e. The van der Waals surface area contributed by atoms with E-state index in [0.717, 1.165) is 12.3 Å². The number of sulfonamides is 1. The van der Waals surface area contributed by atoms with Gasteiger partial charge < -0.3 is 0 Å². The Bertz CT molecular complexity index is 406. The van der Waals surface area contributed by atoms with Gasteiger partial charge in [-0.2, -0.15) is 0 Å². The number of hydrogen-bond acceptors (Lipinski definition) is 3. The normalized spacial score (nSPS) is 11.6. The molecular weight excluding hydrogens is 298 g/mol. The summed E-state index contributed by atoms with van der Waals surface area (Å²) >= 11 is 1.70. The summed E-state index contributed by atoms with van der Waals surface area (Å²) in [5.41, 5.74) is 0. The molecule has 0 amide bonds. The minimum atomic E-state index is -3.90. The highest BCUT2D eigenvalue weighted by Gasteiger charge is 2.11. The van der Waals surface area contributed by atoms with Gasteiger partial charge in [0.05, 0.1) is 3.57 Å². The Hall–Kier alpha value is -0.280. The van der Waals surface area contributed by atoms with Crippen molar-refractivity contribution in [3.8, 4) is 0 Å². The van der Waals surface area contributed by atoms with Gasteiger partial charge in [-0.25, -0.2) is 22.9 Å². The smallest absolute Gasteiger partial charge is 0.242 e. The van der Waals surface area contributed by atoms with Gasteiger partial charge in [-0.1, -0.05) is 0 Å². The van der Waals surface area contributed by atoms with Crippen molar-refractivity contribution in [2.45, 2.75) is 5.03 Å². The second-order valence-electron chi connectivity index (χ2n) is 1.98. The molecule has 0 unspecified atom stereocenters. The zero-order chi connectivity index (χ0) is 9.35. The zero-order valence-corrected chi connectivity index (χ0v) is 8.63. The molecule has 66 valence electrons. The number of primary sulfonamides is 1. The van der Waals surface area contributed by atoms with Crippen LogP contribution in [0.25, 0.3) is 0 Å². The van der Waals surface area contributed by atoms with E-state index in [1.165, 1.54) is 0 Å². The fraction of sp³-hybridized carbons (Fsp3) is 0. The third-order valence-electron chi connectivity index (χ3n) is 1.07. The van der Waals surface area contributed by atoms with Gasteiger partial charge in [0.1, 0.15) is 5.82 Å². The Morgan fingerprint density at radius 2 is 2.17 bits per heavy atom. The van der Waals surface area contributed by atoms with Crippen LogP contribution in [0.1, 0.15) is 0 Å². The lowest BCUT2D eigenvalue weighted by atomic mass is 10.5. The monoisotopic (exact) mass is 302 g/mol. The summed E-state index contributed by atoms with van der Waals surface area (Å²) in [6.07, 6.45) is 1.11. The highest BCUT2D eigenvalue weighted by atomic mass is 127. The van der Waals surface area contributed by atoms with E-state index in [-0.39, 0.29) is 3.57 Å². The van der Waals surface area contributed by atoms with Gasteiger partial charge in [0.2, 0.25) is 0 Å². The molecule has 0 aliphatic carbocycles. The van der Waals surface area contributed by atoms with Gasteiger partial charge in [-0.3, -0.25) is 0 Å². The predicted octanol–water partition coefficient (Wildman–Crippen LogP) is 0.473. The summed E-state index contributed by atoms with van der Waals surface area (Å²) in [5.74, 6) is -0.644. The Balaban J connectivity index is 3.33. The summed E-state index contributed by atoms with van der Waals surface area (Å²) in [7, 11) is -3.90. The molecule has 0 fully saturated rings. The minimum Gasteiger partial charge on any atom is -0.242 e. The standard InChI is InChI=1S/C5H4FIN2O2S/c6-3-1-5(12(8,10)11)9-2-4(3)7/h1-2H,(H2,8,10,11). The second-order valence-corrected chi connectivity index (χ2v) is 4.65. The lowest BCUT2D eigenvalue weighted by Crippen LogP contribution is -2.14. The van der Waals surface area contributed by atoms with Gasteiger partial charge in [-0.15, -0.1) is 0 Å².